The van der Waals surface area contributed by atoms with Crippen LogP contribution in [0, 0.1) is 16.2 Å². The number of aliphatic hydroxyl groups is 3. The van der Waals surface area contributed by atoms with Crippen LogP contribution in [0.1, 0.15) is 81.6 Å². The molecule has 0 radical (unpaired) electrons. The molecule has 0 heterocycles. The van der Waals surface area contributed by atoms with Crippen LogP contribution in [-0.4, -0.2) is 58.9 Å². The van der Waals surface area contributed by atoms with Gasteiger partial charge in [0.1, 0.15) is 0 Å². The van der Waals surface area contributed by atoms with Crippen molar-refractivity contribution in [3.8, 4) is 0 Å². The summed E-state index contributed by atoms with van der Waals surface area (Å²) in [6.45, 7) is 16.2. The smallest absolute Gasteiger partial charge is 0.460 e. The Kier molecular flexibility index (Phi) is 10.7. The molecule has 3 unspecified atom stereocenters. The molecule has 31 heavy (non-hydrogen) atoms. The third kappa shape index (κ3) is 14.1. The molecule has 180 valence electrons. The summed E-state index contributed by atoms with van der Waals surface area (Å²) in [5.41, 5.74) is -1.23. The average molecular weight is 446 g/mol. The highest BCUT2D eigenvalue weighted by Crippen LogP contribution is 2.24. The molecule has 0 bridgehead atoms. The summed E-state index contributed by atoms with van der Waals surface area (Å²) >= 11 is 0. The van der Waals surface area contributed by atoms with Crippen molar-refractivity contribution in [2.45, 2.75) is 99.9 Å². The van der Waals surface area contributed by atoms with E-state index in [-0.39, 0.29) is 19.3 Å². The summed E-state index contributed by atoms with van der Waals surface area (Å²) < 4.78 is 14.6. The summed E-state index contributed by atoms with van der Waals surface area (Å²) in [6.07, 6.45) is -4.55. The van der Waals surface area contributed by atoms with Gasteiger partial charge in [-0.05, 0) is 35.5 Å². The lowest BCUT2D eigenvalue weighted by molar-refractivity contribution is -0.160. The minimum Gasteiger partial charge on any atom is -0.460 e. The Morgan fingerprint density at radius 3 is 0.935 bits per heavy atom. The summed E-state index contributed by atoms with van der Waals surface area (Å²) in [7, 11) is -2.16. The van der Waals surface area contributed by atoms with E-state index in [1.807, 2.05) is 0 Å². The quantitative estimate of drug-likeness (QED) is 0.454. The van der Waals surface area contributed by atoms with Crippen LogP contribution in [0.4, 0.5) is 0 Å². The van der Waals surface area contributed by atoms with Crippen LogP contribution >= 0.6 is 0 Å². The van der Waals surface area contributed by atoms with E-state index >= 15 is 0 Å². The maximum Gasteiger partial charge on any atom is 0.870 e. The van der Waals surface area contributed by atoms with Gasteiger partial charge in [-0.15, -0.1) is 0 Å². The van der Waals surface area contributed by atoms with Gasteiger partial charge in [-0.1, -0.05) is 62.3 Å². The monoisotopic (exact) mass is 446 g/mol. The molecule has 0 saturated heterocycles. The van der Waals surface area contributed by atoms with E-state index < -0.39 is 59.8 Å². The number of hydrogen-bond acceptors (Lipinski definition) is 9. The molecule has 0 aliphatic heterocycles. The Hall–Kier alpha value is -1.65. The number of hydrogen-bond donors (Lipinski definition) is 3. The fourth-order valence-electron chi connectivity index (χ4n) is 2.58. The molecular weight excluding hydrogens is 407 g/mol. The third-order valence-electron chi connectivity index (χ3n) is 3.87. The van der Waals surface area contributed by atoms with Crippen LogP contribution in [0.25, 0.3) is 0 Å². The highest BCUT2D eigenvalue weighted by molar-refractivity contribution is 6.44. The number of rotatable bonds is 9. The maximum absolute atomic E-state index is 12.2. The second-order valence-electron chi connectivity index (χ2n) is 11.4. The standard InChI is InChI=1S/C21H39BO9/c1-19(2,3)10-13(23)16(26)29-22(30-17(27)14(24)11-20(4,5)6)31-18(28)15(25)12-21(7,8)9/h13-15,23-25H,10-12H2,1-9H3. The maximum atomic E-state index is 12.2. The third-order valence-corrected chi connectivity index (χ3v) is 3.87. The first-order valence-electron chi connectivity index (χ1n) is 10.4. The minimum atomic E-state index is -2.16. The first-order chi connectivity index (χ1) is 13.7. The zero-order valence-electron chi connectivity index (χ0n) is 20.2. The Morgan fingerprint density at radius 1 is 0.581 bits per heavy atom. The van der Waals surface area contributed by atoms with Crippen molar-refractivity contribution < 1.29 is 43.7 Å². The predicted molar refractivity (Wildman–Crippen MR) is 114 cm³/mol. The van der Waals surface area contributed by atoms with Crippen LogP contribution in [-0.2, 0) is 28.3 Å². The summed E-state index contributed by atoms with van der Waals surface area (Å²) in [5.74, 6) is -3.51. The largest absolute Gasteiger partial charge is 0.870 e. The Labute approximate surface area is 185 Å². The molecule has 0 fully saturated rings. The van der Waals surface area contributed by atoms with E-state index in [1.54, 1.807) is 62.3 Å². The molecular formula is C21H39BO9. The molecule has 0 aromatic heterocycles. The summed E-state index contributed by atoms with van der Waals surface area (Å²) in [5, 5.41) is 30.1. The van der Waals surface area contributed by atoms with Gasteiger partial charge in [0.2, 0.25) is 0 Å². The molecule has 0 aromatic carbocycles. The summed E-state index contributed by atoms with van der Waals surface area (Å²) in [4.78, 5) is 36.6. The van der Waals surface area contributed by atoms with Crippen molar-refractivity contribution in [1.29, 1.82) is 0 Å². The zero-order valence-corrected chi connectivity index (χ0v) is 20.2. The molecule has 3 atom stereocenters. The van der Waals surface area contributed by atoms with Gasteiger partial charge in [-0.2, -0.15) is 0 Å². The average Bonchev–Trinajstić information content (AvgIpc) is 2.49. The van der Waals surface area contributed by atoms with E-state index in [0.29, 0.717) is 0 Å². The lowest BCUT2D eigenvalue weighted by Crippen LogP contribution is -2.43. The number of carbonyl (C=O) groups excluding carboxylic acids is 3. The normalized spacial score (nSPS) is 15.5. The van der Waals surface area contributed by atoms with E-state index in [4.69, 9.17) is 14.0 Å². The van der Waals surface area contributed by atoms with Crippen LogP contribution < -0.4 is 0 Å². The highest BCUT2D eigenvalue weighted by atomic mass is 16.8. The Balaban J connectivity index is 5.35. The number of carbonyl (C=O) groups is 3. The van der Waals surface area contributed by atoms with Crippen molar-refractivity contribution >= 4 is 25.2 Å². The second kappa shape index (κ2) is 11.3. The SMILES string of the molecule is CC(C)(C)CC(O)C(=O)OB(OC(=O)C(O)CC(C)(C)C)OC(=O)C(O)CC(C)(C)C. The van der Waals surface area contributed by atoms with E-state index in [9.17, 15) is 29.7 Å². The van der Waals surface area contributed by atoms with Crippen molar-refractivity contribution in [2.75, 3.05) is 0 Å². The molecule has 10 heteroatoms. The van der Waals surface area contributed by atoms with Crippen LogP contribution in [0.2, 0.25) is 0 Å². The predicted octanol–water partition coefficient (Wildman–Crippen LogP) is 1.99. The molecule has 0 aliphatic rings. The Bertz CT molecular complexity index is 528. The van der Waals surface area contributed by atoms with Crippen molar-refractivity contribution in [3.63, 3.8) is 0 Å². The van der Waals surface area contributed by atoms with Gasteiger partial charge < -0.3 is 29.3 Å². The first-order valence-corrected chi connectivity index (χ1v) is 10.4. The van der Waals surface area contributed by atoms with Crippen LogP contribution in [0.3, 0.4) is 0 Å². The van der Waals surface area contributed by atoms with Crippen molar-refractivity contribution in [3.05, 3.63) is 0 Å². The van der Waals surface area contributed by atoms with E-state index in [2.05, 4.69) is 0 Å². The molecule has 9 nitrogen and oxygen atoms in total. The molecule has 0 aromatic rings. The molecule has 0 amide bonds. The molecule has 0 saturated carbocycles. The highest BCUT2D eigenvalue weighted by Gasteiger charge is 2.42. The molecule has 0 aliphatic carbocycles. The second-order valence-corrected chi connectivity index (χ2v) is 11.4. The molecule has 0 spiro atoms. The minimum absolute atomic E-state index is 0.0414. The number of aliphatic hydroxyl groups excluding tert-OH is 3. The fraction of sp³-hybridized carbons (Fsp3) is 0.857. The lowest BCUT2D eigenvalue weighted by Gasteiger charge is -2.25. The molecule has 0 rings (SSSR count). The van der Waals surface area contributed by atoms with Crippen LogP contribution in [0.5, 0.6) is 0 Å². The molecule has 3 N–H and O–H groups in total. The Morgan fingerprint density at radius 2 is 0.774 bits per heavy atom. The van der Waals surface area contributed by atoms with Gasteiger partial charge >= 0.3 is 25.2 Å². The van der Waals surface area contributed by atoms with Gasteiger partial charge in [0.25, 0.3) is 0 Å². The first kappa shape index (κ1) is 29.4. The lowest BCUT2D eigenvalue weighted by atomic mass is 9.89. The summed E-state index contributed by atoms with van der Waals surface area (Å²) in [6, 6.07) is 0. The van der Waals surface area contributed by atoms with Gasteiger partial charge in [-0.25, -0.2) is 0 Å². The fourth-order valence-corrected chi connectivity index (χ4v) is 2.58. The van der Waals surface area contributed by atoms with Gasteiger partial charge in [0.15, 0.2) is 18.3 Å². The van der Waals surface area contributed by atoms with Crippen molar-refractivity contribution in [1.82, 2.24) is 0 Å². The van der Waals surface area contributed by atoms with E-state index in [0.717, 1.165) is 0 Å². The van der Waals surface area contributed by atoms with E-state index in [1.165, 1.54) is 0 Å². The van der Waals surface area contributed by atoms with Crippen molar-refractivity contribution in [2.24, 2.45) is 16.2 Å². The van der Waals surface area contributed by atoms with Gasteiger partial charge in [0.05, 0.1) is 0 Å². The van der Waals surface area contributed by atoms with Gasteiger partial charge in [0, 0.05) is 0 Å². The zero-order chi connectivity index (χ0) is 24.8. The van der Waals surface area contributed by atoms with Crippen LogP contribution in [0.15, 0.2) is 0 Å². The topological polar surface area (TPSA) is 140 Å². The van der Waals surface area contributed by atoms with Gasteiger partial charge in [-0.3, -0.25) is 14.4 Å².